The van der Waals surface area contributed by atoms with Crippen molar-refractivity contribution in [2.24, 2.45) is 0 Å². The summed E-state index contributed by atoms with van der Waals surface area (Å²) in [5.74, 6) is 0.0179. The van der Waals surface area contributed by atoms with Gasteiger partial charge in [0.25, 0.3) is 0 Å². The van der Waals surface area contributed by atoms with Gasteiger partial charge in [-0.15, -0.1) is 0 Å². The van der Waals surface area contributed by atoms with E-state index in [0.29, 0.717) is 6.42 Å². The van der Waals surface area contributed by atoms with Crippen molar-refractivity contribution in [1.29, 1.82) is 0 Å². The molecule has 2 fully saturated rings. The first-order valence-electron chi connectivity index (χ1n) is 7.68. The Kier molecular flexibility index (Phi) is 5.04. The van der Waals surface area contributed by atoms with Crippen LogP contribution in [0.1, 0.15) is 64.7 Å². The van der Waals surface area contributed by atoms with Crippen LogP contribution in [0, 0.1) is 0 Å². The van der Waals surface area contributed by atoms with Gasteiger partial charge in [0.1, 0.15) is 5.60 Å². The highest BCUT2D eigenvalue weighted by Gasteiger charge is 2.35. The zero-order chi connectivity index (χ0) is 12.8. The van der Waals surface area contributed by atoms with Crippen LogP contribution in [0.4, 0.5) is 0 Å². The number of carbonyl (C=O) groups excluding carboxylic acids is 1. The Morgan fingerprint density at radius 1 is 1.11 bits per heavy atom. The van der Waals surface area contributed by atoms with E-state index in [0.717, 1.165) is 38.9 Å². The molecule has 0 bridgehead atoms. The Hall–Kier alpha value is -0.570. The normalized spacial score (nSPS) is 24.1. The fourth-order valence-electron chi connectivity index (χ4n) is 3.27. The van der Waals surface area contributed by atoms with Gasteiger partial charge in [-0.1, -0.05) is 13.3 Å². The number of hydrogen-bond acceptors (Lipinski definition) is 3. The van der Waals surface area contributed by atoms with E-state index in [1.807, 2.05) is 0 Å². The summed E-state index contributed by atoms with van der Waals surface area (Å²) in [5.41, 5.74) is -0.112. The molecular formula is C15H27NO2. The van der Waals surface area contributed by atoms with Crippen molar-refractivity contribution in [2.45, 2.75) is 70.3 Å². The van der Waals surface area contributed by atoms with Gasteiger partial charge in [0.2, 0.25) is 0 Å². The Labute approximate surface area is 111 Å². The van der Waals surface area contributed by atoms with Crippen molar-refractivity contribution < 1.29 is 9.53 Å². The maximum absolute atomic E-state index is 12.0. The van der Waals surface area contributed by atoms with Crippen LogP contribution in [0.3, 0.4) is 0 Å². The van der Waals surface area contributed by atoms with E-state index >= 15 is 0 Å². The number of piperidine rings is 1. The van der Waals surface area contributed by atoms with Gasteiger partial charge < -0.3 is 9.64 Å². The van der Waals surface area contributed by atoms with Gasteiger partial charge in [0, 0.05) is 6.54 Å². The highest BCUT2D eigenvalue weighted by Crippen LogP contribution is 2.36. The van der Waals surface area contributed by atoms with Gasteiger partial charge >= 0.3 is 5.97 Å². The van der Waals surface area contributed by atoms with Gasteiger partial charge in [-0.05, 0) is 58.0 Å². The lowest BCUT2D eigenvalue weighted by Gasteiger charge is -2.29. The summed E-state index contributed by atoms with van der Waals surface area (Å²) in [5, 5.41) is 0. The molecule has 18 heavy (non-hydrogen) atoms. The molecule has 0 aromatic heterocycles. The lowest BCUT2D eigenvalue weighted by atomic mass is 9.99. The minimum absolute atomic E-state index is 0.0179. The van der Waals surface area contributed by atoms with Crippen molar-refractivity contribution in [2.75, 3.05) is 19.6 Å². The number of likely N-dealkylation sites (tertiary alicyclic amines) is 1. The predicted octanol–water partition coefficient (Wildman–Crippen LogP) is 3.13. The first-order chi connectivity index (χ1) is 8.74. The van der Waals surface area contributed by atoms with Crippen LogP contribution in [-0.2, 0) is 9.53 Å². The summed E-state index contributed by atoms with van der Waals surface area (Å²) >= 11 is 0. The van der Waals surface area contributed by atoms with E-state index in [1.54, 1.807) is 0 Å². The molecule has 1 aliphatic carbocycles. The van der Waals surface area contributed by atoms with Gasteiger partial charge in [-0.2, -0.15) is 0 Å². The predicted molar refractivity (Wildman–Crippen MR) is 72.5 cm³/mol. The maximum atomic E-state index is 12.0. The van der Waals surface area contributed by atoms with Crippen LogP contribution >= 0.6 is 0 Å². The molecule has 0 radical (unpaired) electrons. The molecule has 0 aromatic carbocycles. The third kappa shape index (κ3) is 3.71. The molecule has 1 saturated heterocycles. The van der Waals surface area contributed by atoms with E-state index in [4.69, 9.17) is 4.74 Å². The molecular weight excluding hydrogens is 226 g/mol. The lowest BCUT2D eigenvalue weighted by Crippen LogP contribution is -2.35. The van der Waals surface area contributed by atoms with Crippen molar-refractivity contribution in [3.05, 3.63) is 0 Å². The van der Waals surface area contributed by atoms with Crippen LogP contribution in [0.25, 0.3) is 0 Å². The number of carbonyl (C=O) groups is 1. The number of esters is 1. The molecule has 0 N–H and O–H groups in total. The van der Waals surface area contributed by atoms with Crippen molar-refractivity contribution in [3.63, 3.8) is 0 Å². The third-order valence-electron chi connectivity index (χ3n) is 4.57. The van der Waals surface area contributed by atoms with E-state index in [2.05, 4.69) is 11.8 Å². The molecule has 1 aliphatic heterocycles. The third-order valence-corrected chi connectivity index (χ3v) is 4.57. The Morgan fingerprint density at radius 3 is 2.39 bits per heavy atom. The molecule has 104 valence electrons. The van der Waals surface area contributed by atoms with Gasteiger partial charge in [0.05, 0.1) is 6.42 Å². The molecule has 1 heterocycles. The van der Waals surface area contributed by atoms with Crippen LogP contribution in [0.15, 0.2) is 0 Å². The first-order valence-corrected chi connectivity index (χ1v) is 7.68. The molecule has 0 spiro atoms. The highest BCUT2D eigenvalue weighted by molar-refractivity contribution is 5.70. The summed E-state index contributed by atoms with van der Waals surface area (Å²) in [6, 6.07) is 0. The monoisotopic (exact) mass is 253 g/mol. The molecule has 2 aliphatic rings. The maximum Gasteiger partial charge on any atom is 0.307 e. The van der Waals surface area contributed by atoms with Crippen LogP contribution in [-0.4, -0.2) is 36.1 Å². The summed E-state index contributed by atoms with van der Waals surface area (Å²) in [4.78, 5) is 14.4. The molecule has 2 rings (SSSR count). The van der Waals surface area contributed by atoms with Crippen LogP contribution < -0.4 is 0 Å². The van der Waals surface area contributed by atoms with Gasteiger partial charge in [-0.25, -0.2) is 0 Å². The average Bonchev–Trinajstić information content (AvgIpc) is 2.87. The standard InChI is InChI=1S/C15H27NO2/c1-2-15(9-4-5-10-15)18-14(17)8-13-16-11-6-3-7-12-16/h2-13H2,1H3. The Morgan fingerprint density at radius 2 is 1.78 bits per heavy atom. The quantitative estimate of drug-likeness (QED) is 0.705. The fourth-order valence-corrected chi connectivity index (χ4v) is 3.27. The Balaban J connectivity index is 1.70. The molecule has 0 unspecified atom stereocenters. The highest BCUT2D eigenvalue weighted by atomic mass is 16.6. The lowest BCUT2D eigenvalue weighted by molar-refractivity contribution is -0.160. The van der Waals surface area contributed by atoms with E-state index < -0.39 is 0 Å². The Bertz CT molecular complexity index is 266. The second-order valence-electron chi connectivity index (χ2n) is 5.87. The van der Waals surface area contributed by atoms with Crippen molar-refractivity contribution in [1.82, 2.24) is 4.90 Å². The van der Waals surface area contributed by atoms with E-state index in [1.165, 1.54) is 32.1 Å². The summed E-state index contributed by atoms with van der Waals surface area (Å²) in [7, 11) is 0. The number of nitrogens with zero attached hydrogens (tertiary/aromatic N) is 1. The molecule has 3 nitrogen and oxygen atoms in total. The molecule has 0 amide bonds. The first kappa shape index (κ1) is 13.9. The molecule has 3 heteroatoms. The molecule has 0 aromatic rings. The summed E-state index contributed by atoms with van der Waals surface area (Å²) < 4.78 is 5.77. The number of rotatable bonds is 5. The van der Waals surface area contributed by atoms with Crippen molar-refractivity contribution >= 4 is 5.97 Å². The number of ether oxygens (including phenoxy) is 1. The summed E-state index contributed by atoms with van der Waals surface area (Å²) in [6.45, 7) is 5.35. The van der Waals surface area contributed by atoms with E-state index in [9.17, 15) is 4.79 Å². The molecule has 1 saturated carbocycles. The van der Waals surface area contributed by atoms with Crippen LogP contribution in [0.5, 0.6) is 0 Å². The summed E-state index contributed by atoms with van der Waals surface area (Å²) in [6.07, 6.45) is 10.0. The van der Waals surface area contributed by atoms with Gasteiger partial charge in [0.15, 0.2) is 0 Å². The fraction of sp³-hybridized carbons (Fsp3) is 0.933. The second-order valence-corrected chi connectivity index (χ2v) is 5.87. The topological polar surface area (TPSA) is 29.5 Å². The number of hydrogen-bond donors (Lipinski definition) is 0. The van der Waals surface area contributed by atoms with Crippen molar-refractivity contribution in [3.8, 4) is 0 Å². The smallest absolute Gasteiger partial charge is 0.307 e. The zero-order valence-corrected chi connectivity index (χ0v) is 11.7. The van der Waals surface area contributed by atoms with E-state index in [-0.39, 0.29) is 11.6 Å². The molecule has 0 atom stereocenters. The largest absolute Gasteiger partial charge is 0.459 e. The van der Waals surface area contributed by atoms with Crippen LogP contribution in [0.2, 0.25) is 0 Å². The second kappa shape index (κ2) is 6.55. The minimum Gasteiger partial charge on any atom is -0.459 e. The van der Waals surface area contributed by atoms with Gasteiger partial charge in [-0.3, -0.25) is 4.79 Å². The average molecular weight is 253 g/mol. The zero-order valence-electron chi connectivity index (χ0n) is 11.7. The minimum atomic E-state index is -0.112. The SMILES string of the molecule is CCC1(OC(=O)CCN2CCCCC2)CCCC1.